The molecule has 1 aliphatic rings. The van der Waals surface area contributed by atoms with Crippen LogP contribution >= 0.6 is 11.6 Å². The number of aliphatic carboxylic acids is 1. The molecule has 3 rings (SSSR count). The monoisotopic (exact) mass is 307 g/mol. The maximum atomic E-state index is 11.5. The average molecular weight is 308 g/mol. The second-order valence-electron chi connectivity index (χ2n) is 5.92. The summed E-state index contributed by atoms with van der Waals surface area (Å²) in [6.07, 6.45) is 2.52. The second-order valence-corrected chi connectivity index (χ2v) is 6.36. The zero-order valence-corrected chi connectivity index (χ0v) is 12.9. The Balaban J connectivity index is 2.02. The Labute approximate surface area is 128 Å². The Morgan fingerprint density at radius 1 is 1.48 bits per heavy atom. The highest BCUT2D eigenvalue weighted by molar-refractivity contribution is 6.31. The van der Waals surface area contributed by atoms with E-state index in [1.54, 1.807) is 6.07 Å². The van der Waals surface area contributed by atoms with Crippen molar-refractivity contribution >= 4 is 28.7 Å². The number of benzene rings is 1. The van der Waals surface area contributed by atoms with Crippen molar-refractivity contribution in [3.63, 3.8) is 0 Å². The molecular weight excluding hydrogens is 290 g/mol. The standard InChI is InChI=1S/C16H18ClNO3/c1-3-9-5-11(12(6-9)16(19)20)15-18-13-7-10(17)4-8(2)14(13)21-15/h4,7,9,11-12H,3,5-6H2,1-2H3,(H,19,20). The van der Waals surface area contributed by atoms with Crippen molar-refractivity contribution in [2.75, 3.05) is 0 Å². The van der Waals surface area contributed by atoms with Crippen molar-refractivity contribution in [2.24, 2.45) is 11.8 Å². The lowest BCUT2D eigenvalue weighted by Gasteiger charge is -2.10. The molecule has 1 saturated carbocycles. The fourth-order valence-electron chi connectivity index (χ4n) is 3.35. The summed E-state index contributed by atoms with van der Waals surface area (Å²) in [6.45, 7) is 4.02. The van der Waals surface area contributed by atoms with Gasteiger partial charge in [-0.05, 0) is 43.4 Å². The third-order valence-corrected chi connectivity index (χ3v) is 4.75. The van der Waals surface area contributed by atoms with E-state index in [1.807, 2.05) is 13.0 Å². The number of aromatic nitrogens is 1. The molecule has 0 saturated heterocycles. The summed E-state index contributed by atoms with van der Waals surface area (Å²) in [7, 11) is 0. The molecule has 0 bridgehead atoms. The van der Waals surface area contributed by atoms with Gasteiger partial charge in [-0.3, -0.25) is 4.79 Å². The first-order valence-corrected chi connectivity index (χ1v) is 7.66. The van der Waals surface area contributed by atoms with Crippen molar-refractivity contribution in [1.29, 1.82) is 0 Å². The molecule has 1 N–H and O–H groups in total. The number of rotatable bonds is 3. The highest BCUT2D eigenvalue weighted by Crippen LogP contribution is 2.45. The Bertz CT molecular complexity index is 694. The third kappa shape index (κ3) is 2.53. The molecule has 1 fully saturated rings. The lowest BCUT2D eigenvalue weighted by molar-refractivity contribution is -0.142. The fourth-order valence-corrected chi connectivity index (χ4v) is 3.62. The summed E-state index contributed by atoms with van der Waals surface area (Å²) in [5.74, 6) is -0.334. The van der Waals surface area contributed by atoms with Crippen LogP contribution in [0.25, 0.3) is 11.1 Å². The summed E-state index contributed by atoms with van der Waals surface area (Å²) in [5.41, 5.74) is 2.34. The Kier molecular flexibility index (Phi) is 3.66. The van der Waals surface area contributed by atoms with E-state index in [9.17, 15) is 9.90 Å². The summed E-state index contributed by atoms with van der Waals surface area (Å²) in [4.78, 5) is 16.0. The minimum Gasteiger partial charge on any atom is -0.481 e. The van der Waals surface area contributed by atoms with Crippen LogP contribution in [0.5, 0.6) is 0 Å². The summed E-state index contributed by atoms with van der Waals surface area (Å²) >= 11 is 6.04. The Morgan fingerprint density at radius 3 is 2.90 bits per heavy atom. The van der Waals surface area contributed by atoms with E-state index >= 15 is 0 Å². The number of oxazole rings is 1. The first-order valence-electron chi connectivity index (χ1n) is 7.29. The van der Waals surface area contributed by atoms with Gasteiger partial charge in [-0.2, -0.15) is 0 Å². The van der Waals surface area contributed by atoms with Gasteiger partial charge >= 0.3 is 5.97 Å². The number of hydrogen-bond donors (Lipinski definition) is 1. The molecule has 21 heavy (non-hydrogen) atoms. The average Bonchev–Trinajstić information content (AvgIpc) is 3.01. The van der Waals surface area contributed by atoms with Gasteiger partial charge in [0, 0.05) is 10.9 Å². The number of carbonyl (C=O) groups is 1. The topological polar surface area (TPSA) is 63.3 Å². The minimum absolute atomic E-state index is 0.141. The van der Waals surface area contributed by atoms with Crippen LogP contribution in [0.1, 0.15) is 43.6 Å². The molecule has 0 aliphatic heterocycles. The molecule has 1 aliphatic carbocycles. The van der Waals surface area contributed by atoms with Gasteiger partial charge in [0.1, 0.15) is 5.52 Å². The zero-order valence-electron chi connectivity index (χ0n) is 12.1. The van der Waals surface area contributed by atoms with Crippen molar-refractivity contribution < 1.29 is 14.3 Å². The quantitative estimate of drug-likeness (QED) is 0.913. The van der Waals surface area contributed by atoms with E-state index in [0.717, 1.165) is 18.4 Å². The lowest BCUT2D eigenvalue weighted by atomic mass is 9.96. The van der Waals surface area contributed by atoms with Crippen LogP contribution in [0, 0.1) is 18.8 Å². The maximum absolute atomic E-state index is 11.5. The molecule has 3 unspecified atom stereocenters. The molecular formula is C16H18ClNO3. The predicted octanol–water partition coefficient (Wildman–Crippen LogP) is 4.39. The van der Waals surface area contributed by atoms with Gasteiger partial charge in [0.2, 0.25) is 0 Å². The van der Waals surface area contributed by atoms with Crippen molar-refractivity contribution in [1.82, 2.24) is 4.98 Å². The summed E-state index contributed by atoms with van der Waals surface area (Å²) in [5, 5.41) is 10.1. The number of hydrogen-bond acceptors (Lipinski definition) is 3. The van der Waals surface area contributed by atoms with Gasteiger partial charge in [0.25, 0.3) is 0 Å². The van der Waals surface area contributed by atoms with Crippen LogP contribution < -0.4 is 0 Å². The predicted molar refractivity (Wildman–Crippen MR) is 80.6 cm³/mol. The Hall–Kier alpha value is -1.55. The summed E-state index contributed by atoms with van der Waals surface area (Å²) < 4.78 is 5.88. The first kappa shape index (κ1) is 14.4. The molecule has 5 heteroatoms. The molecule has 0 amide bonds. The van der Waals surface area contributed by atoms with E-state index in [-0.39, 0.29) is 5.92 Å². The van der Waals surface area contributed by atoms with Crippen LogP contribution in [0.3, 0.4) is 0 Å². The van der Waals surface area contributed by atoms with Crippen LogP contribution in [-0.4, -0.2) is 16.1 Å². The van der Waals surface area contributed by atoms with Gasteiger partial charge in [0.05, 0.1) is 5.92 Å². The number of aryl methyl sites for hydroxylation is 1. The third-order valence-electron chi connectivity index (χ3n) is 4.53. The van der Waals surface area contributed by atoms with Crippen molar-refractivity contribution in [2.45, 2.75) is 39.0 Å². The molecule has 1 aromatic heterocycles. The van der Waals surface area contributed by atoms with Crippen molar-refractivity contribution in [3.05, 3.63) is 28.6 Å². The first-order chi connectivity index (χ1) is 9.99. The van der Waals surface area contributed by atoms with Gasteiger partial charge in [0.15, 0.2) is 11.5 Å². The van der Waals surface area contributed by atoms with E-state index < -0.39 is 11.9 Å². The molecule has 2 aromatic rings. The van der Waals surface area contributed by atoms with Gasteiger partial charge in [-0.25, -0.2) is 4.98 Å². The van der Waals surface area contributed by atoms with E-state index in [0.29, 0.717) is 34.4 Å². The Morgan fingerprint density at radius 2 is 2.24 bits per heavy atom. The van der Waals surface area contributed by atoms with Gasteiger partial charge in [-0.15, -0.1) is 0 Å². The number of carboxylic acids is 1. The van der Waals surface area contributed by atoms with E-state index in [2.05, 4.69) is 11.9 Å². The smallest absolute Gasteiger partial charge is 0.307 e. The van der Waals surface area contributed by atoms with E-state index in [4.69, 9.17) is 16.0 Å². The number of fused-ring (bicyclic) bond motifs is 1. The minimum atomic E-state index is -0.757. The molecule has 0 radical (unpaired) electrons. The largest absolute Gasteiger partial charge is 0.481 e. The normalized spacial score (nSPS) is 25.6. The van der Waals surface area contributed by atoms with Crippen LogP contribution in [0.4, 0.5) is 0 Å². The van der Waals surface area contributed by atoms with Crippen LogP contribution in [0.15, 0.2) is 16.5 Å². The summed E-state index contributed by atoms with van der Waals surface area (Å²) in [6, 6.07) is 3.59. The highest BCUT2D eigenvalue weighted by Gasteiger charge is 2.41. The van der Waals surface area contributed by atoms with Gasteiger partial charge < -0.3 is 9.52 Å². The maximum Gasteiger partial charge on any atom is 0.307 e. The highest BCUT2D eigenvalue weighted by atomic mass is 35.5. The number of carboxylic acid groups (broad SMARTS) is 1. The molecule has 1 heterocycles. The lowest BCUT2D eigenvalue weighted by Crippen LogP contribution is -2.17. The fraction of sp³-hybridized carbons (Fsp3) is 0.500. The molecule has 112 valence electrons. The SMILES string of the molecule is CCC1CC(C(=O)O)C(c2nc3cc(Cl)cc(C)c3o2)C1. The van der Waals surface area contributed by atoms with Crippen LogP contribution in [0.2, 0.25) is 5.02 Å². The molecule has 0 spiro atoms. The number of nitrogens with zero attached hydrogens (tertiary/aromatic N) is 1. The van der Waals surface area contributed by atoms with Gasteiger partial charge in [-0.1, -0.05) is 24.9 Å². The molecule has 3 atom stereocenters. The van der Waals surface area contributed by atoms with Crippen LogP contribution in [-0.2, 0) is 4.79 Å². The van der Waals surface area contributed by atoms with Crippen molar-refractivity contribution in [3.8, 4) is 0 Å². The zero-order chi connectivity index (χ0) is 15.1. The molecule has 4 nitrogen and oxygen atoms in total. The molecule has 1 aromatic carbocycles. The second kappa shape index (κ2) is 5.34. The number of halogens is 1. The van der Waals surface area contributed by atoms with E-state index in [1.165, 1.54) is 0 Å².